The van der Waals surface area contributed by atoms with Crippen molar-refractivity contribution in [1.29, 1.82) is 0 Å². The SMILES string of the molecule is CC1CN(C(=O)N2CCOC(CC(=O)O)C2)CC(C)(C)O1. The van der Waals surface area contributed by atoms with Gasteiger partial charge in [-0.05, 0) is 20.8 Å². The molecule has 2 unspecified atom stereocenters. The number of hydrogen-bond acceptors (Lipinski definition) is 4. The average molecular weight is 300 g/mol. The van der Waals surface area contributed by atoms with Gasteiger partial charge in [0.05, 0.1) is 37.4 Å². The topological polar surface area (TPSA) is 79.3 Å². The van der Waals surface area contributed by atoms with E-state index in [1.807, 2.05) is 20.8 Å². The molecule has 2 aliphatic rings. The molecule has 2 fully saturated rings. The molecule has 2 atom stereocenters. The van der Waals surface area contributed by atoms with Crippen molar-refractivity contribution in [2.24, 2.45) is 0 Å². The lowest BCUT2D eigenvalue weighted by molar-refractivity contribution is -0.142. The molecule has 7 heteroatoms. The second-order valence-electron chi connectivity index (χ2n) is 6.39. The highest BCUT2D eigenvalue weighted by Gasteiger charge is 2.36. The van der Waals surface area contributed by atoms with Gasteiger partial charge in [-0.25, -0.2) is 4.79 Å². The summed E-state index contributed by atoms with van der Waals surface area (Å²) >= 11 is 0. The molecule has 0 radical (unpaired) electrons. The maximum absolute atomic E-state index is 12.6. The van der Waals surface area contributed by atoms with Gasteiger partial charge in [-0.15, -0.1) is 0 Å². The highest BCUT2D eigenvalue weighted by Crippen LogP contribution is 2.22. The molecular formula is C14H24N2O5. The molecule has 2 aliphatic heterocycles. The molecule has 7 nitrogen and oxygen atoms in total. The fourth-order valence-corrected chi connectivity index (χ4v) is 3.01. The highest BCUT2D eigenvalue weighted by molar-refractivity contribution is 5.75. The molecule has 2 heterocycles. The number of nitrogens with zero attached hydrogens (tertiary/aromatic N) is 2. The van der Waals surface area contributed by atoms with E-state index in [0.29, 0.717) is 32.8 Å². The molecule has 0 aromatic rings. The van der Waals surface area contributed by atoms with Crippen molar-refractivity contribution >= 4 is 12.0 Å². The van der Waals surface area contributed by atoms with E-state index in [0.717, 1.165) is 0 Å². The zero-order valence-corrected chi connectivity index (χ0v) is 12.9. The fourth-order valence-electron chi connectivity index (χ4n) is 3.01. The Kier molecular flexibility index (Phi) is 4.73. The maximum Gasteiger partial charge on any atom is 0.320 e. The van der Waals surface area contributed by atoms with Crippen molar-refractivity contribution in [2.45, 2.75) is 45.0 Å². The van der Waals surface area contributed by atoms with E-state index in [1.54, 1.807) is 9.80 Å². The lowest BCUT2D eigenvalue weighted by Gasteiger charge is -2.44. The number of carboxylic acid groups (broad SMARTS) is 1. The van der Waals surface area contributed by atoms with Gasteiger partial charge in [0, 0.05) is 19.6 Å². The standard InChI is InChI=1S/C14H24N2O5/c1-10-7-16(9-14(2,3)21-10)13(19)15-4-5-20-11(8-15)6-12(17)18/h10-11H,4-9H2,1-3H3,(H,17,18). The Morgan fingerprint density at radius 1 is 1.29 bits per heavy atom. The summed E-state index contributed by atoms with van der Waals surface area (Å²) in [5.41, 5.74) is -0.361. The molecule has 0 aliphatic carbocycles. The second-order valence-corrected chi connectivity index (χ2v) is 6.39. The van der Waals surface area contributed by atoms with Crippen LogP contribution in [0.2, 0.25) is 0 Å². The summed E-state index contributed by atoms with van der Waals surface area (Å²) in [6.45, 7) is 8.20. The van der Waals surface area contributed by atoms with Gasteiger partial charge in [0.25, 0.3) is 0 Å². The Balaban J connectivity index is 1.97. The quantitative estimate of drug-likeness (QED) is 0.815. The maximum atomic E-state index is 12.6. The summed E-state index contributed by atoms with van der Waals surface area (Å²) in [5, 5.41) is 8.83. The van der Waals surface area contributed by atoms with Crippen LogP contribution in [0.25, 0.3) is 0 Å². The summed E-state index contributed by atoms with van der Waals surface area (Å²) in [6, 6.07) is -0.0584. The fraction of sp³-hybridized carbons (Fsp3) is 0.857. The molecule has 0 spiro atoms. The monoisotopic (exact) mass is 300 g/mol. The number of rotatable bonds is 2. The van der Waals surface area contributed by atoms with E-state index in [4.69, 9.17) is 14.6 Å². The molecule has 21 heavy (non-hydrogen) atoms. The molecule has 0 aromatic heterocycles. The lowest BCUT2D eigenvalue weighted by atomic mass is 10.1. The summed E-state index contributed by atoms with van der Waals surface area (Å²) in [5.74, 6) is -0.907. The van der Waals surface area contributed by atoms with Gasteiger partial charge in [-0.3, -0.25) is 4.79 Å². The molecule has 2 rings (SSSR count). The number of morpholine rings is 2. The summed E-state index contributed by atoms with van der Waals surface area (Å²) < 4.78 is 11.2. The van der Waals surface area contributed by atoms with Gasteiger partial charge < -0.3 is 24.4 Å². The van der Waals surface area contributed by atoms with Crippen LogP contribution in [0, 0.1) is 0 Å². The van der Waals surface area contributed by atoms with Crippen LogP contribution in [-0.2, 0) is 14.3 Å². The molecule has 0 saturated carbocycles. The van der Waals surface area contributed by atoms with Crippen LogP contribution >= 0.6 is 0 Å². The normalized spacial score (nSPS) is 29.3. The third-order valence-corrected chi connectivity index (χ3v) is 3.65. The second kappa shape index (κ2) is 6.19. The van der Waals surface area contributed by atoms with Gasteiger partial charge >= 0.3 is 12.0 Å². The highest BCUT2D eigenvalue weighted by atomic mass is 16.5. The Bertz CT molecular complexity index is 412. The van der Waals surface area contributed by atoms with Gasteiger partial charge in [0.2, 0.25) is 0 Å². The molecule has 2 amide bonds. The number of aliphatic carboxylic acids is 1. The minimum absolute atomic E-state index is 0.00597. The van der Waals surface area contributed by atoms with Crippen LogP contribution in [0.5, 0.6) is 0 Å². The van der Waals surface area contributed by atoms with E-state index < -0.39 is 12.1 Å². The summed E-state index contributed by atoms with van der Waals surface area (Å²) in [7, 11) is 0. The van der Waals surface area contributed by atoms with Crippen LogP contribution < -0.4 is 0 Å². The van der Waals surface area contributed by atoms with Crippen LogP contribution in [-0.4, -0.2) is 77.5 Å². The van der Waals surface area contributed by atoms with E-state index in [9.17, 15) is 9.59 Å². The number of amides is 2. The van der Waals surface area contributed by atoms with Gasteiger partial charge in [0.1, 0.15) is 0 Å². The van der Waals surface area contributed by atoms with Crippen LogP contribution in [0.1, 0.15) is 27.2 Å². The summed E-state index contributed by atoms with van der Waals surface area (Å²) in [4.78, 5) is 26.8. The molecule has 0 aromatic carbocycles. The van der Waals surface area contributed by atoms with Crippen molar-refractivity contribution in [2.75, 3.05) is 32.8 Å². The first-order valence-electron chi connectivity index (χ1n) is 7.32. The van der Waals surface area contributed by atoms with E-state index in [2.05, 4.69) is 0 Å². The molecule has 2 saturated heterocycles. The first-order chi connectivity index (χ1) is 9.77. The Morgan fingerprint density at radius 2 is 2.00 bits per heavy atom. The zero-order valence-electron chi connectivity index (χ0n) is 12.9. The number of carboxylic acids is 1. The molecule has 120 valence electrons. The lowest BCUT2D eigenvalue weighted by Crippen LogP contribution is -2.59. The Labute approximate surface area is 124 Å². The van der Waals surface area contributed by atoms with Crippen molar-refractivity contribution < 1.29 is 24.2 Å². The zero-order chi connectivity index (χ0) is 15.6. The van der Waals surface area contributed by atoms with Gasteiger partial charge in [-0.2, -0.15) is 0 Å². The van der Waals surface area contributed by atoms with E-state index >= 15 is 0 Å². The van der Waals surface area contributed by atoms with Gasteiger partial charge in [-0.1, -0.05) is 0 Å². The van der Waals surface area contributed by atoms with Crippen molar-refractivity contribution in [3.8, 4) is 0 Å². The average Bonchev–Trinajstić information content (AvgIpc) is 2.35. The molecule has 0 bridgehead atoms. The van der Waals surface area contributed by atoms with E-state index in [-0.39, 0.29) is 24.2 Å². The summed E-state index contributed by atoms with van der Waals surface area (Å²) in [6.07, 6.45) is -0.505. The number of ether oxygens (including phenoxy) is 2. The number of urea groups is 1. The molecular weight excluding hydrogens is 276 g/mol. The predicted octanol–water partition coefficient (Wildman–Crippen LogP) is 0.781. The van der Waals surface area contributed by atoms with E-state index in [1.165, 1.54) is 0 Å². The van der Waals surface area contributed by atoms with Crippen LogP contribution in [0.3, 0.4) is 0 Å². The van der Waals surface area contributed by atoms with Crippen molar-refractivity contribution in [3.05, 3.63) is 0 Å². The van der Waals surface area contributed by atoms with Crippen molar-refractivity contribution in [3.63, 3.8) is 0 Å². The first-order valence-corrected chi connectivity index (χ1v) is 7.32. The third kappa shape index (κ3) is 4.31. The van der Waals surface area contributed by atoms with Crippen LogP contribution in [0.4, 0.5) is 4.79 Å². The van der Waals surface area contributed by atoms with Crippen LogP contribution in [0.15, 0.2) is 0 Å². The minimum atomic E-state index is -0.907. The van der Waals surface area contributed by atoms with Gasteiger partial charge in [0.15, 0.2) is 0 Å². The Morgan fingerprint density at radius 3 is 2.62 bits per heavy atom. The first kappa shape index (κ1) is 16.0. The predicted molar refractivity (Wildman–Crippen MR) is 75.2 cm³/mol. The minimum Gasteiger partial charge on any atom is -0.481 e. The largest absolute Gasteiger partial charge is 0.481 e. The van der Waals surface area contributed by atoms with Crippen molar-refractivity contribution in [1.82, 2.24) is 9.80 Å². The smallest absolute Gasteiger partial charge is 0.320 e. The Hall–Kier alpha value is -1.34. The number of carbonyl (C=O) groups is 2. The third-order valence-electron chi connectivity index (χ3n) is 3.65. The number of hydrogen-bond donors (Lipinski definition) is 1. The molecule has 1 N–H and O–H groups in total. The number of carbonyl (C=O) groups excluding carboxylic acids is 1.